The number of hydrogen-bond acceptors (Lipinski definition) is 6. The zero-order chi connectivity index (χ0) is 50.0. The van der Waals surface area contributed by atoms with Crippen LogP contribution in [0.4, 0.5) is 0 Å². The van der Waals surface area contributed by atoms with Crippen molar-refractivity contribution in [3.05, 3.63) is 24.3 Å². The first-order valence-corrected chi connectivity index (χ1v) is 30.8. The molecule has 1 unspecified atom stereocenters. The summed E-state index contributed by atoms with van der Waals surface area (Å²) in [6.45, 7) is 6.63. The number of unbranched alkanes of at least 4 members (excludes halogenated alkanes) is 42. The van der Waals surface area contributed by atoms with E-state index in [4.69, 9.17) is 14.2 Å². The van der Waals surface area contributed by atoms with E-state index in [9.17, 15) is 14.4 Å². The molecule has 69 heavy (non-hydrogen) atoms. The summed E-state index contributed by atoms with van der Waals surface area (Å²) in [7, 11) is 0. The number of esters is 3. The predicted molar refractivity (Wildman–Crippen MR) is 298 cm³/mol. The van der Waals surface area contributed by atoms with Gasteiger partial charge in [-0.1, -0.05) is 295 Å². The number of rotatable bonds is 57. The van der Waals surface area contributed by atoms with Crippen LogP contribution < -0.4 is 0 Å². The zero-order valence-corrected chi connectivity index (χ0v) is 46.6. The van der Waals surface area contributed by atoms with E-state index in [0.29, 0.717) is 19.3 Å². The highest BCUT2D eigenvalue weighted by Crippen LogP contribution is 2.18. The van der Waals surface area contributed by atoms with Gasteiger partial charge in [-0.25, -0.2) is 0 Å². The van der Waals surface area contributed by atoms with Gasteiger partial charge in [0.1, 0.15) is 13.2 Å². The monoisotopic (exact) mass is 971 g/mol. The maximum atomic E-state index is 12.8. The Balaban J connectivity index is 4.10. The van der Waals surface area contributed by atoms with Crippen LogP contribution in [0.1, 0.15) is 342 Å². The third kappa shape index (κ3) is 56.7. The average Bonchev–Trinajstić information content (AvgIpc) is 3.35. The molecule has 0 heterocycles. The first-order valence-electron chi connectivity index (χ1n) is 30.8. The molecule has 0 saturated carbocycles. The van der Waals surface area contributed by atoms with Gasteiger partial charge in [-0.2, -0.15) is 0 Å². The van der Waals surface area contributed by atoms with Gasteiger partial charge >= 0.3 is 17.9 Å². The summed E-state index contributed by atoms with van der Waals surface area (Å²) in [6, 6.07) is 0. The number of carbonyl (C=O) groups excluding carboxylic acids is 3. The molecule has 0 saturated heterocycles. The second-order valence-corrected chi connectivity index (χ2v) is 21.0. The van der Waals surface area contributed by atoms with Crippen molar-refractivity contribution >= 4 is 17.9 Å². The Bertz CT molecular complexity index is 1110. The molecule has 0 aromatic heterocycles. The Morgan fingerprint density at radius 2 is 0.522 bits per heavy atom. The van der Waals surface area contributed by atoms with Crippen molar-refractivity contribution in [3.63, 3.8) is 0 Å². The molecular weight excluding hydrogens is 853 g/mol. The SMILES string of the molecule is CCCCC/C=C\C/C=C\CCCCCCCC(=O)OC(COC(=O)CCCCCCCCCCC)COC(=O)CCCCCCCCCCCCCCCCCCCCCCCCCCCCC. The zero-order valence-electron chi connectivity index (χ0n) is 46.6. The van der Waals surface area contributed by atoms with Crippen LogP contribution >= 0.6 is 0 Å². The molecule has 0 bridgehead atoms. The van der Waals surface area contributed by atoms with Gasteiger partial charge in [0.25, 0.3) is 0 Å². The lowest BCUT2D eigenvalue weighted by molar-refractivity contribution is -0.167. The quantitative estimate of drug-likeness (QED) is 0.0261. The fraction of sp³-hybridized carbons (Fsp3) is 0.889. The average molecular weight is 972 g/mol. The molecule has 406 valence electrons. The first kappa shape index (κ1) is 66.9. The fourth-order valence-electron chi connectivity index (χ4n) is 9.30. The third-order valence-electron chi connectivity index (χ3n) is 14.0. The highest BCUT2D eigenvalue weighted by Gasteiger charge is 2.19. The largest absolute Gasteiger partial charge is 0.462 e. The summed E-state index contributed by atoms with van der Waals surface area (Å²) in [5.74, 6) is -0.868. The Labute approximate surface area is 430 Å². The van der Waals surface area contributed by atoms with Crippen LogP contribution in [-0.4, -0.2) is 37.2 Å². The van der Waals surface area contributed by atoms with Gasteiger partial charge < -0.3 is 14.2 Å². The molecule has 6 heteroatoms. The van der Waals surface area contributed by atoms with Gasteiger partial charge in [0.2, 0.25) is 0 Å². The topological polar surface area (TPSA) is 78.9 Å². The molecule has 0 aromatic carbocycles. The van der Waals surface area contributed by atoms with E-state index in [1.165, 1.54) is 225 Å². The lowest BCUT2D eigenvalue weighted by atomic mass is 10.0. The van der Waals surface area contributed by atoms with Crippen LogP contribution in [0.25, 0.3) is 0 Å². The molecule has 0 aliphatic carbocycles. The van der Waals surface area contributed by atoms with Gasteiger partial charge in [0.05, 0.1) is 0 Å². The minimum Gasteiger partial charge on any atom is -0.462 e. The Hall–Kier alpha value is -2.11. The van der Waals surface area contributed by atoms with Crippen molar-refractivity contribution in [2.24, 2.45) is 0 Å². The molecule has 0 aromatic rings. The minimum absolute atomic E-state index is 0.0719. The van der Waals surface area contributed by atoms with Crippen molar-refractivity contribution in [2.45, 2.75) is 348 Å². The maximum Gasteiger partial charge on any atom is 0.306 e. The second-order valence-electron chi connectivity index (χ2n) is 21.0. The fourth-order valence-corrected chi connectivity index (χ4v) is 9.30. The molecule has 0 fully saturated rings. The van der Waals surface area contributed by atoms with E-state index in [2.05, 4.69) is 45.1 Å². The molecule has 0 N–H and O–H groups in total. The molecular formula is C63H118O6. The summed E-state index contributed by atoms with van der Waals surface area (Å²) < 4.78 is 16.8. The van der Waals surface area contributed by atoms with Crippen molar-refractivity contribution in [3.8, 4) is 0 Å². The molecule has 0 radical (unpaired) electrons. The lowest BCUT2D eigenvalue weighted by Crippen LogP contribution is -2.30. The van der Waals surface area contributed by atoms with Gasteiger partial charge in [0.15, 0.2) is 6.10 Å². The van der Waals surface area contributed by atoms with Crippen LogP contribution in [0.2, 0.25) is 0 Å². The summed E-state index contributed by atoms with van der Waals surface area (Å²) in [5.41, 5.74) is 0. The summed E-state index contributed by atoms with van der Waals surface area (Å²) >= 11 is 0. The van der Waals surface area contributed by atoms with E-state index >= 15 is 0 Å². The van der Waals surface area contributed by atoms with Crippen molar-refractivity contribution in [2.75, 3.05) is 13.2 Å². The minimum atomic E-state index is -0.773. The molecule has 6 nitrogen and oxygen atoms in total. The number of hydrogen-bond donors (Lipinski definition) is 0. The van der Waals surface area contributed by atoms with Crippen LogP contribution in [-0.2, 0) is 28.6 Å². The Morgan fingerprint density at radius 3 is 0.826 bits per heavy atom. The van der Waals surface area contributed by atoms with Crippen molar-refractivity contribution in [1.29, 1.82) is 0 Å². The molecule has 0 aliphatic heterocycles. The van der Waals surface area contributed by atoms with Gasteiger partial charge in [-0.05, 0) is 51.4 Å². The van der Waals surface area contributed by atoms with Crippen LogP contribution in [0.3, 0.4) is 0 Å². The number of carbonyl (C=O) groups is 3. The van der Waals surface area contributed by atoms with Crippen LogP contribution in [0, 0.1) is 0 Å². The van der Waals surface area contributed by atoms with Crippen LogP contribution in [0.5, 0.6) is 0 Å². The number of ether oxygens (including phenoxy) is 3. The maximum absolute atomic E-state index is 12.8. The highest BCUT2D eigenvalue weighted by atomic mass is 16.6. The van der Waals surface area contributed by atoms with Gasteiger partial charge in [0, 0.05) is 19.3 Å². The van der Waals surface area contributed by atoms with Crippen molar-refractivity contribution < 1.29 is 28.6 Å². The normalized spacial score (nSPS) is 12.1. The molecule has 0 aliphatic rings. The summed E-state index contributed by atoms with van der Waals surface area (Å²) in [6.07, 6.45) is 69.2. The van der Waals surface area contributed by atoms with Crippen LogP contribution in [0.15, 0.2) is 24.3 Å². The molecule has 0 rings (SSSR count). The van der Waals surface area contributed by atoms with E-state index in [0.717, 1.165) is 77.0 Å². The summed E-state index contributed by atoms with van der Waals surface area (Å²) in [4.78, 5) is 38.1. The highest BCUT2D eigenvalue weighted by molar-refractivity contribution is 5.71. The second kappa shape index (κ2) is 58.5. The molecule has 1 atom stereocenters. The Morgan fingerprint density at radius 1 is 0.290 bits per heavy atom. The standard InChI is InChI=1S/C63H118O6/c1-4-7-10-13-16-19-21-23-25-26-27-28-29-30-31-32-33-34-35-36-38-39-41-44-47-50-53-56-62(65)68-59-60(58-67-61(64)55-52-49-46-43-18-15-12-9-6-3)69-63(66)57-54-51-48-45-42-40-37-24-22-20-17-14-11-8-5-2/h17,20,24,37,60H,4-16,18-19,21-23,25-36,38-59H2,1-3H3/b20-17-,37-24-. The van der Waals surface area contributed by atoms with Gasteiger partial charge in [-0.3, -0.25) is 14.4 Å². The smallest absolute Gasteiger partial charge is 0.306 e. The third-order valence-corrected chi connectivity index (χ3v) is 14.0. The van der Waals surface area contributed by atoms with Crippen molar-refractivity contribution in [1.82, 2.24) is 0 Å². The lowest BCUT2D eigenvalue weighted by Gasteiger charge is -2.18. The molecule has 0 amide bonds. The predicted octanol–water partition coefficient (Wildman–Crippen LogP) is 20.7. The first-order chi connectivity index (χ1) is 34.0. The van der Waals surface area contributed by atoms with E-state index in [1.807, 2.05) is 0 Å². The van der Waals surface area contributed by atoms with E-state index in [1.54, 1.807) is 0 Å². The summed E-state index contributed by atoms with van der Waals surface area (Å²) in [5, 5.41) is 0. The number of allylic oxidation sites excluding steroid dienone is 4. The Kier molecular flexibility index (Phi) is 56.7. The van der Waals surface area contributed by atoms with E-state index in [-0.39, 0.29) is 31.1 Å². The van der Waals surface area contributed by atoms with Gasteiger partial charge in [-0.15, -0.1) is 0 Å². The molecule has 0 spiro atoms. The van der Waals surface area contributed by atoms with E-state index < -0.39 is 6.10 Å².